The highest BCUT2D eigenvalue weighted by atomic mass is 32.1. The van der Waals surface area contributed by atoms with E-state index in [4.69, 9.17) is 45.2 Å². The average molecular weight is 1570 g/mol. The fraction of sp³-hybridized carbons (Fsp3) is 0.573. The number of aryl methyl sites for hydroxylation is 1. The normalized spacial score (nSPS) is 11.9. The molecule has 5 aromatic carbocycles. The minimum absolute atomic E-state index is 0.199. The molecular formula is C89H118F2N6O4S6. The Balaban J connectivity index is 0.958. The molecular weight excluding hydrogens is 1450 g/mol. The number of hydrogen-bond acceptors (Lipinski definition) is 16. The molecule has 6 heterocycles. The van der Waals surface area contributed by atoms with Crippen LogP contribution >= 0.6 is 69.2 Å². The summed E-state index contributed by atoms with van der Waals surface area (Å²) >= 11 is 8.15. The number of rotatable bonds is 53. The number of aromatic nitrogens is 6. The first-order chi connectivity index (χ1) is 52.7. The zero-order chi connectivity index (χ0) is 74.5. The van der Waals surface area contributed by atoms with Gasteiger partial charge in [-0.05, 0) is 81.8 Å². The monoisotopic (exact) mass is 1560 g/mol. The van der Waals surface area contributed by atoms with Crippen LogP contribution in [0.2, 0.25) is 0 Å². The maximum atomic E-state index is 18.2. The molecule has 0 bridgehead atoms. The molecule has 11 aromatic rings. The lowest BCUT2D eigenvalue weighted by Crippen LogP contribution is -2.03. The number of nitrogens with zero attached hydrogens (tertiary/aromatic N) is 6. The van der Waals surface area contributed by atoms with Gasteiger partial charge in [0.05, 0.1) is 87.7 Å². The minimum atomic E-state index is -0.433. The molecule has 0 atom stereocenters. The molecule has 0 N–H and O–H groups in total. The number of thiophene rings is 3. The fourth-order valence-corrected chi connectivity index (χ4v) is 20.9. The van der Waals surface area contributed by atoms with Crippen molar-refractivity contribution in [2.45, 2.75) is 305 Å². The van der Waals surface area contributed by atoms with E-state index < -0.39 is 5.82 Å². The quantitative estimate of drug-likeness (QED) is 0.0341. The SMILES string of the molecule is CCCCCCCCCCCCOc1c(C)c(-c2ccc(-c3c(F)c(C)c(-c4cc5c(OCCCCCCCCCCCC)c6sc(-c7c(OCCCCCCCCCCCC)c(F)c(-c8ccccc8)c8nsnc78)cc6c(OCCCCCCCCCCCC)c5s4)c4nsnc34)s2)c2nsnc2c1C. The molecule has 107 heavy (non-hydrogen) atoms. The zero-order valence-corrected chi connectivity index (χ0v) is 70.2. The van der Waals surface area contributed by atoms with Gasteiger partial charge in [-0.1, -0.05) is 289 Å². The van der Waals surface area contributed by atoms with Crippen LogP contribution in [0, 0.1) is 32.4 Å². The molecule has 0 spiro atoms. The predicted molar refractivity (Wildman–Crippen MR) is 459 cm³/mol. The van der Waals surface area contributed by atoms with Crippen molar-refractivity contribution in [3.8, 4) is 75.9 Å². The van der Waals surface area contributed by atoms with E-state index >= 15 is 8.78 Å². The van der Waals surface area contributed by atoms with E-state index in [2.05, 4.69) is 59.7 Å². The molecule has 0 aliphatic rings. The highest BCUT2D eigenvalue weighted by molar-refractivity contribution is 7.25. The second-order valence-electron chi connectivity index (χ2n) is 29.9. The summed E-state index contributed by atoms with van der Waals surface area (Å²) in [6, 6.07) is 18.2. The molecule has 0 aliphatic carbocycles. The summed E-state index contributed by atoms with van der Waals surface area (Å²) in [5.74, 6) is 1.79. The Kier molecular flexibility index (Phi) is 33.6. The Morgan fingerprint density at radius 3 is 1.02 bits per heavy atom. The second-order valence-corrected chi connectivity index (χ2v) is 34.7. The highest BCUT2D eigenvalue weighted by Crippen LogP contribution is 2.57. The van der Waals surface area contributed by atoms with Gasteiger partial charge in [-0.3, -0.25) is 0 Å². The predicted octanol–water partition coefficient (Wildman–Crippen LogP) is 30.9. The summed E-state index contributed by atoms with van der Waals surface area (Å²) in [6.45, 7) is 17.2. The van der Waals surface area contributed by atoms with E-state index in [1.165, 1.54) is 198 Å². The van der Waals surface area contributed by atoms with Crippen LogP contribution in [0.3, 0.4) is 0 Å². The van der Waals surface area contributed by atoms with Crippen molar-refractivity contribution in [3.05, 3.63) is 82.9 Å². The van der Waals surface area contributed by atoms with E-state index in [-0.39, 0.29) is 11.6 Å². The van der Waals surface area contributed by atoms with Gasteiger partial charge in [-0.25, -0.2) is 8.78 Å². The lowest BCUT2D eigenvalue weighted by Gasteiger charge is -2.16. The van der Waals surface area contributed by atoms with Crippen molar-refractivity contribution in [2.75, 3.05) is 26.4 Å². The molecule has 0 amide bonds. The van der Waals surface area contributed by atoms with Gasteiger partial charge in [0, 0.05) is 52.5 Å². The van der Waals surface area contributed by atoms with Crippen molar-refractivity contribution in [1.82, 2.24) is 26.2 Å². The molecule has 18 heteroatoms. The Labute approximate surface area is 662 Å². The van der Waals surface area contributed by atoms with Gasteiger partial charge >= 0.3 is 0 Å². The number of halogens is 2. The fourth-order valence-electron chi connectivity index (χ4n) is 15.5. The average Bonchev–Trinajstić information content (AvgIpc) is 1.50. The summed E-state index contributed by atoms with van der Waals surface area (Å²) in [7, 11) is 0. The molecule has 0 radical (unpaired) electrons. The third kappa shape index (κ3) is 21.3. The van der Waals surface area contributed by atoms with Crippen molar-refractivity contribution < 1.29 is 27.7 Å². The van der Waals surface area contributed by atoms with Crippen molar-refractivity contribution in [2.24, 2.45) is 0 Å². The van der Waals surface area contributed by atoms with Crippen molar-refractivity contribution >= 4 is 122 Å². The van der Waals surface area contributed by atoms with Crippen LogP contribution in [0.15, 0.2) is 54.6 Å². The molecule has 0 aliphatic heterocycles. The van der Waals surface area contributed by atoms with Gasteiger partial charge in [0.15, 0.2) is 11.6 Å². The van der Waals surface area contributed by atoms with E-state index in [0.29, 0.717) is 76.3 Å². The number of fused-ring (bicyclic) bond motifs is 5. The first-order valence-corrected chi connectivity index (χ1v) is 46.2. The Hall–Kier alpha value is -5.76. The topological polar surface area (TPSA) is 114 Å². The Morgan fingerprint density at radius 2 is 0.598 bits per heavy atom. The van der Waals surface area contributed by atoms with Crippen LogP contribution in [0.5, 0.6) is 23.0 Å². The summed E-state index contributed by atoms with van der Waals surface area (Å²) in [5, 5.41) is 1.78. The van der Waals surface area contributed by atoms with Crippen LogP contribution in [0.1, 0.15) is 301 Å². The van der Waals surface area contributed by atoms with Gasteiger partial charge in [0.1, 0.15) is 56.2 Å². The van der Waals surface area contributed by atoms with Crippen LogP contribution in [0.4, 0.5) is 8.78 Å². The van der Waals surface area contributed by atoms with Gasteiger partial charge in [0.2, 0.25) is 0 Å². The van der Waals surface area contributed by atoms with E-state index in [1.807, 2.05) is 43.3 Å². The third-order valence-corrected chi connectivity index (χ3v) is 26.6. The first-order valence-electron chi connectivity index (χ1n) is 41.6. The van der Waals surface area contributed by atoms with Crippen molar-refractivity contribution in [3.63, 3.8) is 0 Å². The number of unbranched alkanes of at least 4 members (excludes halogenated alkanes) is 36. The van der Waals surface area contributed by atoms with E-state index in [9.17, 15) is 0 Å². The number of ether oxygens (including phenoxy) is 4. The molecule has 0 fully saturated rings. The molecule has 11 rings (SSSR count). The van der Waals surface area contributed by atoms with Crippen LogP contribution in [0.25, 0.3) is 106 Å². The molecule has 6 aromatic heterocycles. The van der Waals surface area contributed by atoms with Crippen LogP contribution < -0.4 is 18.9 Å². The van der Waals surface area contributed by atoms with Crippen LogP contribution in [-0.2, 0) is 0 Å². The number of benzene rings is 5. The first kappa shape index (κ1) is 82.2. The lowest BCUT2D eigenvalue weighted by atomic mass is 9.98. The van der Waals surface area contributed by atoms with E-state index in [0.717, 1.165) is 184 Å². The maximum absolute atomic E-state index is 18.2. The Bertz CT molecular complexity index is 4430. The summed E-state index contributed by atoms with van der Waals surface area (Å²) in [4.78, 5) is 3.39. The standard InChI is InChI=1S/C89H118F2N6O4S6/c1-8-12-16-20-24-28-32-36-40-47-55-98-84-62(6)72(79-78(63(84)7)92-105-93-79)67-53-54-68(102-67)74-76(90)61(5)71(80-82(74)96-106-94-80)69-59-65-85(99-56-48-41-37-33-29-25-21-17-13-9-2)89-66(86(88(65)103-69)100-57-49-42-38-34-30-26-22-18-14-10-3)60-70(104-89)75-83-81(95-107-97-83)73(64-51-45-44-46-52-64)77(91)87(75)101-58-50-43-39-35-31-27-23-19-15-11-4/h44-46,51-54,59-60H,8-43,47-50,55-58H2,1-7H3. The third-order valence-electron chi connectivity index (χ3n) is 21.6. The molecule has 0 saturated heterocycles. The smallest absolute Gasteiger partial charge is 0.175 e. The Morgan fingerprint density at radius 1 is 0.280 bits per heavy atom. The van der Waals surface area contributed by atoms with Gasteiger partial charge in [-0.2, -0.15) is 26.2 Å². The number of hydrogen-bond donors (Lipinski definition) is 0. The maximum Gasteiger partial charge on any atom is 0.175 e. The summed E-state index contributed by atoms with van der Waals surface area (Å²) in [6.07, 6.45) is 48.6. The molecule has 0 saturated carbocycles. The van der Waals surface area contributed by atoms with E-state index in [1.54, 1.807) is 34.0 Å². The second kappa shape index (κ2) is 43.7. The van der Waals surface area contributed by atoms with Gasteiger partial charge < -0.3 is 18.9 Å². The largest absolute Gasteiger partial charge is 0.493 e. The van der Waals surface area contributed by atoms with Crippen LogP contribution in [-0.4, -0.2) is 52.7 Å². The summed E-state index contributed by atoms with van der Waals surface area (Å²) < 4.78 is 95.8. The minimum Gasteiger partial charge on any atom is -0.493 e. The summed E-state index contributed by atoms with van der Waals surface area (Å²) in [5.41, 5.74) is 10.4. The molecule has 10 nitrogen and oxygen atoms in total. The molecule has 0 unspecified atom stereocenters. The molecule has 578 valence electrons. The zero-order valence-electron chi connectivity index (χ0n) is 65.3. The van der Waals surface area contributed by atoms with Crippen molar-refractivity contribution in [1.29, 1.82) is 0 Å². The lowest BCUT2D eigenvalue weighted by molar-refractivity contribution is 0.292. The van der Waals surface area contributed by atoms with Gasteiger partial charge in [0.25, 0.3) is 0 Å². The van der Waals surface area contributed by atoms with Gasteiger partial charge in [-0.15, -0.1) is 34.0 Å². The highest BCUT2D eigenvalue weighted by Gasteiger charge is 2.32.